The second-order valence-corrected chi connectivity index (χ2v) is 6.29. The van der Waals surface area contributed by atoms with Crippen LogP contribution in [0.4, 0.5) is 0 Å². The molecule has 114 valence electrons. The number of methoxy groups -OCH3 is 1. The van der Waals surface area contributed by atoms with Gasteiger partial charge < -0.3 is 4.74 Å². The zero-order valence-corrected chi connectivity index (χ0v) is 13.1. The van der Waals surface area contributed by atoms with E-state index >= 15 is 0 Å². The summed E-state index contributed by atoms with van der Waals surface area (Å²) in [5.41, 5.74) is 3.95. The quantitative estimate of drug-likeness (QED) is 0.872. The highest BCUT2D eigenvalue weighted by molar-refractivity contribution is 5.31. The Bertz CT molecular complexity index is 683. The molecule has 1 aromatic carbocycles. The van der Waals surface area contributed by atoms with E-state index in [1.165, 1.54) is 29.7 Å². The molecule has 0 spiro atoms. The smallest absolute Gasteiger partial charge is 0.125 e. The van der Waals surface area contributed by atoms with Crippen LogP contribution in [0.2, 0.25) is 0 Å². The van der Waals surface area contributed by atoms with Crippen LogP contribution in [0.3, 0.4) is 0 Å². The number of aryl methyl sites for hydroxylation is 1. The van der Waals surface area contributed by atoms with Crippen LogP contribution >= 0.6 is 0 Å². The number of ether oxygens (including phenoxy) is 1. The minimum atomic E-state index is 0.483. The fraction of sp³-hybridized carbons (Fsp3) is 0.444. The molecule has 0 N–H and O–H groups in total. The van der Waals surface area contributed by atoms with Crippen LogP contribution in [0.1, 0.15) is 41.5 Å². The highest BCUT2D eigenvalue weighted by atomic mass is 16.5. The molecule has 2 aliphatic heterocycles. The van der Waals surface area contributed by atoms with Crippen molar-refractivity contribution >= 4 is 0 Å². The van der Waals surface area contributed by atoms with E-state index in [0.29, 0.717) is 12.1 Å². The van der Waals surface area contributed by atoms with Crippen molar-refractivity contribution in [2.75, 3.05) is 7.11 Å². The van der Waals surface area contributed by atoms with Gasteiger partial charge in [-0.1, -0.05) is 12.1 Å². The number of fused-ring (bicyclic) bond motifs is 4. The summed E-state index contributed by atoms with van der Waals surface area (Å²) >= 11 is 0. The Balaban J connectivity index is 1.59. The maximum absolute atomic E-state index is 5.24. The van der Waals surface area contributed by atoms with Crippen molar-refractivity contribution in [2.24, 2.45) is 0 Å². The van der Waals surface area contributed by atoms with Gasteiger partial charge in [-0.25, -0.2) is 9.97 Å². The molecule has 3 heterocycles. The van der Waals surface area contributed by atoms with E-state index < -0.39 is 0 Å². The Kier molecular flexibility index (Phi) is 3.34. The van der Waals surface area contributed by atoms with Crippen molar-refractivity contribution in [3.63, 3.8) is 0 Å². The van der Waals surface area contributed by atoms with Gasteiger partial charge in [0.15, 0.2) is 0 Å². The lowest BCUT2D eigenvalue weighted by Crippen LogP contribution is -2.37. The first-order valence-electron chi connectivity index (χ1n) is 7.95. The molecule has 0 saturated carbocycles. The topological polar surface area (TPSA) is 38.2 Å². The summed E-state index contributed by atoms with van der Waals surface area (Å²) in [6, 6.07) is 9.52. The molecule has 2 aromatic rings. The predicted molar refractivity (Wildman–Crippen MR) is 84.8 cm³/mol. The number of aromatic nitrogens is 2. The van der Waals surface area contributed by atoms with Gasteiger partial charge in [-0.3, -0.25) is 4.90 Å². The van der Waals surface area contributed by atoms with Gasteiger partial charge in [-0.15, -0.1) is 0 Å². The lowest BCUT2D eigenvalue weighted by Gasteiger charge is -2.35. The molecule has 0 aliphatic carbocycles. The summed E-state index contributed by atoms with van der Waals surface area (Å²) in [6.07, 6.45) is 5.59. The molecule has 4 rings (SSSR count). The number of hydrogen-bond acceptors (Lipinski definition) is 4. The zero-order valence-electron chi connectivity index (χ0n) is 13.1. The van der Waals surface area contributed by atoms with Crippen molar-refractivity contribution < 1.29 is 4.74 Å². The molecular formula is C18H21N3O. The van der Waals surface area contributed by atoms with E-state index in [1.807, 2.05) is 25.3 Å². The highest BCUT2D eigenvalue weighted by Crippen LogP contribution is 2.43. The summed E-state index contributed by atoms with van der Waals surface area (Å²) in [5.74, 6) is 1.81. The Labute approximate surface area is 131 Å². The van der Waals surface area contributed by atoms with Gasteiger partial charge in [0.2, 0.25) is 0 Å². The van der Waals surface area contributed by atoms with Crippen LogP contribution in [-0.2, 0) is 13.0 Å². The second-order valence-electron chi connectivity index (χ2n) is 6.29. The number of nitrogens with zero attached hydrogens (tertiary/aromatic N) is 3. The third-order valence-electron chi connectivity index (χ3n) is 4.98. The lowest BCUT2D eigenvalue weighted by atomic mass is 9.98. The van der Waals surface area contributed by atoms with Crippen molar-refractivity contribution in [2.45, 2.75) is 44.8 Å². The Hall–Kier alpha value is -1.94. The van der Waals surface area contributed by atoms with Gasteiger partial charge in [-0.05, 0) is 37.5 Å². The molecule has 22 heavy (non-hydrogen) atoms. The molecule has 2 atom stereocenters. The van der Waals surface area contributed by atoms with Crippen molar-refractivity contribution in [1.82, 2.24) is 14.9 Å². The van der Waals surface area contributed by atoms with Crippen molar-refractivity contribution in [3.05, 3.63) is 53.1 Å². The molecule has 1 fully saturated rings. The molecule has 4 heteroatoms. The number of hydrogen-bond donors (Lipinski definition) is 0. The van der Waals surface area contributed by atoms with E-state index in [-0.39, 0.29) is 0 Å². The van der Waals surface area contributed by atoms with Crippen LogP contribution in [0.25, 0.3) is 0 Å². The molecule has 0 unspecified atom stereocenters. The summed E-state index contributed by atoms with van der Waals surface area (Å²) in [4.78, 5) is 11.7. The average molecular weight is 295 g/mol. The third-order valence-corrected chi connectivity index (χ3v) is 4.98. The maximum atomic E-state index is 5.24. The van der Waals surface area contributed by atoms with E-state index in [1.54, 1.807) is 7.11 Å². The minimum absolute atomic E-state index is 0.483. The SMILES string of the molecule is COc1ccc(CN2[C@H]3CC[C@H]2c2cnc(C)nc2C3)cc1. The van der Waals surface area contributed by atoms with E-state index in [2.05, 4.69) is 27.0 Å². The van der Waals surface area contributed by atoms with Gasteiger partial charge in [-0.2, -0.15) is 0 Å². The van der Waals surface area contributed by atoms with Crippen molar-refractivity contribution in [3.8, 4) is 5.75 Å². The van der Waals surface area contributed by atoms with Crippen LogP contribution in [-0.4, -0.2) is 28.0 Å². The van der Waals surface area contributed by atoms with E-state index in [0.717, 1.165) is 24.5 Å². The Morgan fingerprint density at radius 1 is 1.23 bits per heavy atom. The van der Waals surface area contributed by atoms with Crippen molar-refractivity contribution in [1.29, 1.82) is 0 Å². The summed E-state index contributed by atoms with van der Waals surface area (Å²) < 4.78 is 5.24. The highest BCUT2D eigenvalue weighted by Gasteiger charge is 2.40. The van der Waals surface area contributed by atoms with Gasteiger partial charge in [0.05, 0.1) is 12.8 Å². The number of benzene rings is 1. The molecule has 1 aromatic heterocycles. The maximum Gasteiger partial charge on any atom is 0.125 e. The first kappa shape index (κ1) is 13.7. The Morgan fingerprint density at radius 2 is 2.05 bits per heavy atom. The number of rotatable bonds is 3. The van der Waals surface area contributed by atoms with Crippen LogP contribution < -0.4 is 4.74 Å². The monoisotopic (exact) mass is 295 g/mol. The van der Waals surface area contributed by atoms with E-state index in [4.69, 9.17) is 4.74 Å². The van der Waals surface area contributed by atoms with Gasteiger partial charge in [0.25, 0.3) is 0 Å². The second kappa shape index (κ2) is 5.36. The third kappa shape index (κ3) is 2.28. The predicted octanol–water partition coefficient (Wildman–Crippen LogP) is 3.06. The van der Waals surface area contributed by atoms with Gasteiger partial charge in [0.1, 0.15) is 11.6 Å². The summed E-state index contributed by atoms with van der Waals surface area (Å²) in [7, 11) is 1.71. The molecule has 1 saturated heterocycles. The molecule has 0 radical (unpaired) electrons. The normalized spacial score (nSPS) is 23.4. The Morgan fingerprint density at radius 3 is 2.82 bits per heavy atom. The largest absolute Gasteiger partial charge is 0.497 e. The molecule has 4 nitrogen and oxygen atoms in total. The first-order valence-corrected chi connectivity index (χ1v) is 7.95. The van der Waals surface area contributed by atoms with Gasteiger partial charge in [0, 0.05) is 36.8 Å². The fourth-order valence-electron chi connectivity index (χ4n) is 3.86. The van der Waals surface area contributed by atoms with Gasteiger partial charge >= 0.3 is 0 Å². The molecule has 2 bridgehead atoms. The molecule has 0 amide bonds. The lowest BCUT2D eigenvalue weighted by molar-refractivity contribution is 0.166. The van der Waals surface area contributed by atoms with Crippen LogP contribution in [0, 0.1) is 6.92 Å². The fourth-order valence-corrected chi connectivity index (χ4v) is 3.86. The van der Waals surface area contributed by atoms with Crippen LogP contribution in [0.5, 0.6) is 5.75 Å². The first-order chi connectivity index (χ1) is 10.7. The average Bonchev–Trinajstić information content (AvgIpc) is 2.81. The van der Waals surface area contributed by atoms with E-state index in [9.17, 15) is 0 Å². The summed E-state index contributed by atoms with van der Waals surface area (Å²) in [5, 5.41) is 0. The minimum Gasteiger partial charge on any atom is -0.497 e. The summed E-state index contributed by atoms with van der Waals surface area (Å²) in [6.45, 7) is 2.97. The van der Waals surface area contributed by atoms with Crippen LogP contribution in [0.15, 0.2) is 30.5 Å². The zero-order chi connectivity index (χ0) is 15.1. The standard InChI is InChI=1S/C18H21N3O/c1-12-19-10-16-17(20-12)9-14-5-8-18(16)21(14)11-13-3-6-15(22-2)7-4-13/h3-4,6-7,10,14,18H,5,8-9,11H2,1-2H3/t14-,18-/m0/s1. The molecular weight excluding hydrogens is 274 g/mol. The molecule has 2 aliphatic rings.